The average Bonchev–Trinajstić information content (AvgIpc) is 3.13. The molecule has 2 atom stereocenters. The molecule has 10 heteroatoms. The minimum absolute atomic E-state index is 0.0599. The van der Waals surface area contributed by atoms with E-state index in [1.165, 1.54) is 11.0 Å². The minimum atomic E-state index is -1.63. The van der Waals surface area contributed by atoms with Gasteiger partial charge in [-0.05, 0) is 18.2 Å². The molecule has 1 saturated heterocycles. The number of carbonyl (C=O) groups excluding carboxylic acids is 2. The Labute approximate surface area is 153 Å². The van der Waals surface area contributed by atoms with E-state index < -0.39 is 29.5 Å². The molecule has 0 spiro atoms. The Bertz CT molecular complexity index is 910. The first-order valence-electron chi connectivity index (χ1n) is 8.35. The third-order valence-corrected chi connectivity index (χ3v) is 4.69. The lowest BCUT2D eigenvalue weighted by Gasteiger charge is -2.26. The number of primary amides is 1. The number of carboxylic acid groups (broad SMARTS) is 1. The van der Waals surface area contributed by atoms with Gasteiger partial charge in [0, 0.05) is 24.5 Å². The van der Waals surface area contributed by atoms with Gasteiger partial charge in [0.1, 0.15) is 23.0 Å². The van der Waals surface area contributed by atoms with Gasteiger partial charge in [-0.15, -0.1) is 0 Å². The highest BCUT2D eigenvalue weighted by Crippen LogP contribution is 2.26. The van der Waals surface area contributed by atoms with E-state index in [0.29, 0.717) is 5.65 Å². The van der Waals surface area contributed by atoms with Gasteiger partial charge < -0.3 is 30.5 Å². The highest BCUT2D eigenvalue weighted by molar-refractivity contribution is 5.93. The lowest BCUT2D eigenvalue weighted by atomic mass is 10.0. The molecule has 0 saturated carbocycles. The van der Waals surface area contributed by atoms with Crippen molar-refractivity contribution in [2.75, 3.05) is 13.1 Å². The summed E-state index contributed by atoms with van der Waals surface area (Å²) in [5, 5.41) is 30.6. The summed E-state index contributed by atoms with van der Waals surface area (Å²) in [6.45, 7) is -0.286. The van der Waals surface area contributed by atoms with Gasteiger partial charge in [0.05, 0.1) is 19.5 Å². The summed E-state index contributed by atoms with van der Waals surface area (Å²) in [5.74, 6) is -2.22. The average molecular weight is 376 g/mol. The smallest absolute Gasteiger partial charge is 0.303 e. The largest absolute Gasteiger partial charge is 0.481 e. The summed E-state index contributed by atoms with van der Waals surface area (Å²) >= 11 is 0. The Morgan fingerprint density at radius 1 is 1.26 bits per heavy atom. The fraction of sp³-hybridized carbons (Fsp3) is 0.412. The zero-order valence-electron chi connectivity index (χ0n) is 14.4. The molecule has 10 nitrogen and oxygen atoms in total. The molecule has 3 heterocycles. The molecule has 0 unspecified atom stereocenters. The van der Waals surface area contributed by atoms with E-state index in [1.807, 2.05) is 0 Å². The number of carboxylic acids is 1. The normalized spacial score (nSPS) is 22.3. The quantitative estimate of drug-likeness (QED) is 0.500. The molecular formula is C17H20N4O6. The number of pyridine rings is 1. The summed E-state index contributed by atoms with van der Waals surface area (Å²) in [7, 11) is 0. The van der Waals surface area contributed by atoms with Crippen molar-refractivity contribution < 1.29 is 29.7 Å². The Morgan fingerprint density at radius 3 is 2.67 bits per heavy atom. The molecule has 1 aliphatic rings. The number of likely N-dealkylation sites (tertiary alicyclic amines) is 1. The van der Waals surface area contributed by atoms with Crippen LogP contribution in [0.2, 0.25) is 0 Å². The number of aromatic nitrogens is 2. The summed E-state index contributed by atoms with van der Waals surface area (Å²) in [5.41, 5.74) is 4.12. The number of rotatable bonds is 6. The van der Waals surface area contributed by atoms with Crippen molar-refractivity contribution in [1.29, 1.82) is 0 Å². The SMILES string of the molecule is NC(=O)c1ccc2ccn(C[C@@]3(O)CN(C(=O)CCC(=O)O)C[C@@H]3O)c2n1. The molecule has 5 N–H and O–H groups in total. The summed E-state index contributed by atoms with van der Waals surface area (Å²) in [4.78, 5) is 39.5. The fourth-order valence-corrected chi connectivity index (χ4v) is 3.22. The first-order valence-corrected chi connectivity index (χ1v) is 8.35. The van der Waals surface area contributed by atoms with Gasteiger partial charge in [-0.2, -0.15) is 0 Å². The predicted molar refractivity (Wildman–Crippen MR) is 92.7 cm³/mol. The summed E-state index contributed by atoms with van der Waals surface area (Å²) in [6.07, 6.45) is -0.0646. The molecule has 0 aliphatic carbocycles. The van der Waals surface area contributed by atoms with Gasteiger partial charge in [0.15, 0.2) is 0 Å². The van der Waals surface area contributed by atoms with E-state index in [2.05, 4.69) is 4.98 Å². The van der Waals surface area contributed by atoms with Crippen molar-refractivity contribution in [2.24, 2.45) is 5.73 Å². The van der Waals surface area contributed by atoms with Crippen LogP contribution in [0.25, 0.3) is 11.0 Å². The van der Waals surface area contributed by atoms with Crippen LogP contribution in [0.1, 0.15) is 23.3 Å². The highest BCUT2D eigenvalue weighted by Gasteiger charge is 2.46. The number of aliphatic hydroxyl groups excluding tert-OH is 1. The van der Waals surface area contributed by atoms with E-state index in [1.54, 1.807) is 22.9 Å². The third kappa shape index (κ3) is 3.76. The van der Waals surface area contributed by atoms with Crippen LogP contribution in [-0.2, 0) is 16.1 Å². The van der Waals surface area contributed by atoms with E-state index in [9.17, 15) is 24.6 Å². The number of aliphatic hydroxyl groups is 2. The number of hydrogen-bond acceptors (Lipinski definition) is 6. The van der Waals surface area contributed by atoms with Crippen LogP contribution in [0.15, 0.2) is 24.4 Å². The number of hydrogen-bond donors (Lipinski definition) is 4. The molecule has 1 aliphatic heterocycles. The van der Waals surface area contributed by atoms with E-state index in [-0.39, 0.29) is 38.2 Å². The number of aliphatic carboxylic acids is 1. The van der Waals surface area contributed by atoms with Gasteiger partial charge in [-0.1, -0.05) is 0 Å². The molecule has 3 rings (SSSR count). The molecule has 1 fully saturated rings. The van der Waals surface area contributed by atoms with Crippen molar-refractivity contribution in [3.63, 3.8) is 0 Å². The van der Waals surface area contributed by atoms with Crippen LogP contribution in [0, 0.1) is 0 Å². The van der Waals surface area contributed by atoms with Crippen molar-refractivity contribution in [1.82, 2.24) is 14.5 Å². The summed E-state index contributed by atoms with van der Waals surface area (Å²) in [6, 6.07) is 4.92. The maximum atomic E-state index is 12.1. The van der Waals surface area contributed by atoms with Crippen molar-refractivity contribution in [2.45, 2.75) is 31.1 Å². The molecule has 2 aromatic rings. The second-order valence-corrected chi connectivity index (χ2v) is 6.70. The second-order valence-electron chi connectivity index (χ2n) is 6.70. The lowest BCUT2D eigenvalue weighted by molar-refractivity contribution is -0.140. The molecule has 2 aromatic heterocycles. The first-order chi connectivity index (χ1) is 12.7. The second kappa shape index (κ2) is 6.97. The van der Waals surface area contributed by atoms with E-state index in [4.69, 9.17) is 10.8 Å². The molecule has 0 bridgehead atoms. The van der Waals surface area contributed by atoms with Crippen LogP contribution in [-0.4, -0.2) is 72.3 Å². The number of nitrogens with two attached hydrogens (primary N) is 1. The van der Waals surface area contributed by atoms with Crippen LogP contribution in [0.5, 0.6) is 0 Å². The molecule has 27 heavy (non-hydrogen) atoms. The zero-order chi connectivity index (χ0) is 19.8. The summed E-state index contributed by atoms with van der Waals surface area (Å²) < 4.78 is 1.58. The fourth-order valence-electron chi connectivity index (χ4n) is 3.22. The highest BCUT2D eigenvalue weighted by atomic mass is 16.4. The molecule has 0 radical (unpaired) electrons. The van der Waals surface area contributed by atoms with Crippen molar-refractivity contribution in [3.8, 4) is 0 Å². The third-order valence-electron chi connectivity index (χ3n) is 4.69. The molecule has 144 valence electrons. The Balaban J connectivity index is 1.79. The molecule has 2 amide bonds. The number of fused-ring (bicyclic) bond motifs is 1. The Hall–Kier alpha value is -2.98. The zero-order valence-corrected chi connectivity index (χ0v) is 14.4. The maximum Gasteiger partial charge on any atom is 0.303 e. The molecular weight excluding hydrogens is 356 g/mol. The van der Waals surface area contributed by atoms with Gasteiger partial charge in [0.25, 0.3) is 5.91 Å². The Kier molecular flexibility index (Phi) is 4.85. The van der Waals surface area contributed by atoms with Gasteiger partial charge >= 0.3 is 5.97 Å². The Morgan fingerprint density at radius 2 is 2.00 bits per heavy atom. The van der Waals surface area contributed by atoms with Crippen LogP contribution < -0.4 is 5.73 Å². The van der Waals surface area contributed by atoms with Gasteiger partial charge in [0.2, 0.25) is 5.91 Å². The lowest BCUT2D eigenvalue weighted by Crippen LogP contribution is -2.45. The van der Waals surface area contributed by atoms with Crippen LogP contribution >= 0.6 is 0 Å². The number of amides is 2. The van der Waals surface area contributed by atoms with Crippen LogP contribution in [0.4, 0.5) is 0 Å². The number of nitrogens with zero attached hydrogens (tertiary/aromatic N) is 3. The standard InChI is InChI=1S/C17H20N4O6/c18-15(26)11-2-1-10-5-6-20(16(10)19-11)8-17(27)9-21(7-12(17)22)13(23)3-4-14(24)25/h1-2,5-6,12,22,27H,3-4,7-9H2,(H2,18,26)(H,24,25)/t12-,17+/m0/s1. The number of carbonyl (C=O) groups is 3. The minimum Gasteiger partial charge on any atom is -0.481 e. The number of β-amino-alcohol motifs (C(OH)–C–C–N with tert-alkyl or cyclic N) is 2. The van der Waals surface area contributed by atoms with Crippen molar-refractivity contribution >= 4 is 28.8 Å². The van der Waals surface area contributed by atoms with E-state index >= 15 is 0 Å². The van der Waals surface area contributed by atoms with Crippen molar-refractivity contribution in [3.05, 3.63) is 30.1 Å². The maximum absolute atomic E-state index is 12.1. The van der Waals surface area contributed by atoms with Gasteiger partial charge in [-0.3, -0.25) is 14.4 Å². The van der Waals surface area contributed by atoms with Gasteiger partial charge in [-0.25, -0.2) is 4.98 Å². The predicted octanol–water partition coefficient (Wildman–Crippen LogP) is -1.07. The monoisotopic (exact) mass is 376 g/mol. The van der Waals surface area contributed by atoms with Crippen LogP contribution in [0.3, 0.4) is 0 Å². The topological polar surface area (TPSA) is 159 Å². The van der Waals surface area contributed by atoms with E-state index in [0.717, 1.165) is 5.39 Å². The first kappa shape index (κ1) is 18.8. The molecule has 0 aromatic carbocycles.